The molecule has 0 aliphatic heterocycles. The molecule has 19 heavy (non-hydrogen) atoms. The maximum Gasteiger partial charge on any atom is 0.242 e. The van der Waals surface area contributed by atoms with Crippen LogP contribution >= 0.6 is 0 Å². The average molecular weight is 274 g/mol. The highest BCUT2D eigenvalue weighted by molar-refractivity contribution is 7.89. The quantitative estimate of drug-likeness (QED) is 0.923. The summed E-state index contributed by atoms with van der Waals surface area (Å²) in [6.45, 7) is 0.439. The van der Waals surface area contributed by atoms with Crippen LogP contribution in [0.3, 0.4) is 0 Å². The third-order valence-electron chi connectivity index (χ3n) is 3.43. The van der Waals surface area contributed by atoms with E-state index in [4.69, 9.17) is 0 Å². The van der Waals surface area contributed by atoms with Gasteiger partial charge in [-0.15, -0.1) is 0 Å². The summed E-state index contributed by atoms with van der Waals surface area (Å²) in [7, 11) is -3.45. The molecule has 0 amide bonds. The minimum atomic E-state index is -3.45. The fraction of sp³-hybridized carbons (Fsp3) is 0.214. The topological polar surface area (TPSA) is 59.1 Å². The molecule has 0 spiro atoms. The van der Waals surface area contributed by atoms with Crippen LogP contribution in [0.5, 0.6) is 0 Å². The molecule has 4 nitrogen and oxygen atoms in total. The zero-order valence-corrected chi connectivity index (χ0v) is 11.1. The van der Waals surface area contributed by atoms with Gasteiger partial charge < -0.3 is 0 Å². The van der Waals surface area contributed by atoms with Crippen molar-refractivity contribution in [3.8, 4) is 0 Å². The molecule has 1 aromatic carbocycles. The van der Waals surface area contributed by atoms with Gasteiger partial charge in [-0.05, 0) is 29.7 Å². The summed E-state index contributed by atoms with van der Waals surface area (Å²) in [5, 5.41) is 0. The second-order valence-electron chi connectivity index (χ2n) is 4.64. The first-order valence-corrected chi connectivity index (χ1v) is 7.62. The summed E-state index contributed by atoms with van der Waals surface area (Å²) in [4.78, 5) is 4.04. The smallest absolute Gasteiger partial charge is 0.242 e. The standard InChI is InChI=1S/C14H14N2O2S/c17-19(18,13-5-3-7-15-10-13)16-9-12-8-11-4-1-2-6-14(11)12/h1-7,10,12,16H,8-9H2/t12-/m1/s1. The van der Waals surface area contributed by atoms with E-state index in [9.17, 15) is 8.42 Å². The molecule has 0 bridgehead atoms. The van der Waals surface area contributed by atoms with Gasteiger partial charge in [0.1, 0.15) is 4.90 Å². The Labute approximate surface area is 112 Å². The maximum absolute atomic E-state index is 12.0. The number of rotatable bonds is 4. The van der Waals surface area contributed by atoms with E-state index in [2.05, 4.69) is 21.8 Å². The van der Waals surface area contributed by atoms with Crippen molar-refractivity contribution in [2.75, 3.05) is 6.54 Å². The molecule has 0 saturated heterocycles. The molecule has 1 aromatic heterocycles. The van der Waals surface area contributed by atoms with E-state index < -0.39 is 10.0 Å². The molecule has 0 unspecified atom stereocenters. The lowest BCUT2D eigenvalue weighted by atomic mass is 9.78. The van der Waals surface area contributed by atoms with Gasteiger partial charge in [-0.1, -0.05) is 24.3 Å². The van der Waals surface area contributed by atoms with Crippen molar-refractivity contribution in [1.82, 2.24) is 9.71 Å². The number of nitrogens with one attached hydrogen (secondary N) is 1. The molecule has 1 heterocycles. The summed E-state index contributed by atoms with van der Waals surface area (Å²) in [5.41, 5.74) is 2.56. The normalized spacial score (nSPS) is 17.6. The molecule has 1 N–H and O–H groups in total. The van der Waals surface area contributed by atoms with Crippen LogP contribution in [0.1, 0.15) is 17.0 Å². The van der Waals surface area contributed by atoms with Crippen LogP contribution in [0.25, 0.3) is 0 Å². The Morgan fingerprint density at radius 2 is 2.05 bits per heavy atom. The van der Waals surface area contributed by atoms with Crippen LogP contribution in [0.15, 0.2) is 53.7 Å². The summed E-state index contributed by atoms with van der Waals surface area (Å²) in [6.07, 6.45) is 3.85. The van der Waals surface area contributed by atoms with E-state index in [-0.39, 0.29) is 10.8 Å². The molecule has 0 fully saturated rings. The number of hydrogen-bond donors (Lipinski definition) is 1. The van der Waals surface area contributed by atoms with Crippen LogP contribution in [0, 0.1) is 0 Å². The van der Waals surface area contributed by atoms with Gasteiger partial charge in [-0.3, -0.25) is 4.98 Å². The minimum absolute atomic E-state index is 0.211. The number of fused-ring (bicyclic) bond motifs is 1. The third kappa shape index (κ3) is 2.39. The number of benzene rings is 1. The Kier molecular flexibility index (Phi) is 3.08. The van der Waals surface area contributed by atoms with Gasteiger partial charge in [0.05, 0.1) is 0 Å². The van der Waals surface area contributed by atoms with Gasteiger partial charge in [0.2, 0.25) is 10.0 Å². The van der Waals surface area contributed by atoms with Crippen LogP contribution in [0.4, 0.5) is 0 Å². The number of aromatic nitrogens is 1. The predicted molar refractivity (Wildman–Crippen MR) is 72.3 cm³/mol. The van der Waals surface area contributed by atoms with Gasteiger partial charge in [-0.25, -0.2) is 13.1 Å². The van der Waals surface area contributed by atoms with E-state index >= 15 is 0 Å². The molecule has 0 radical (unpaired) electrons. The molecular formula is C14H14N2O2S. The van der Waals surface area contributed by atoms with E-state index in [1.165, 1.54) is 17.3 Å². The van der Waals surface area contributed by atoms with E-state index in [0.717, 1.165) is 6.42 Å². The molecule has 1 aliphatic carbocycles. The lowest BCUT2D eigenvalue weighted by Crippen LogP contribution is -2.33. The van der Waals surface area contributed by atoms with Crippen molar-refractivity contribution in [3.63, 3.8) is 0 Å². The Morgan fingerprint density at radius 1 is 1.21 bits per heavy atom. The van der Waals surface area contributed by atoms with Crippen molar-refractivity contribution in [3.05, 3.63) is 59.9 Å². The molecule has 0 saturated carbocycles. The Bertz CT molecular complexity index is 684. The first-order chi connectivity index (χ1) is 9.17. The summed E-state index contributed by atoms with van der Waals surface area (Å²) >= 11 is 0. The molecule has 5 heteroatoms. The summed E-state index contributed by atoms with van der Waals surface area (Å²) < 4.78 is 26.7. The minimum Gasteiger partial charge on any atom is -0.263 e. The second-order valence-corrected chi connectivity index (χ2v) is 6.41. The first-order valence-electron chi connectivity index (χ1n) is 6.14. The predicted octanol–water partition coefficient (Wildman–Crippen LogP) is 1.70. The van der Waals surface area contributed by atoms with E-state index in [1.807, 2.05) is 12.1 Å². The fourth-order valence-electron chi connectivity index (χ4n) is 2.34. The van der Waals surface area contributed by atoms with Crippen molar-refractivity contribution in [2.24, 2.45) is 0 Å². The van der Waals surface area contributed by atoms with Gasteiger partial charge in [0.15, 0.2) is 0 Å². The highest BCUT2D eigenvalue weighted by atomic mass is 32.2. The monoisotopic (exact) mass is 274 g/mol. The fourth-order valence-corrected chi connectivity index (χ4v) is 3.39. The number of hydrogen-bond acceptors (Lipinski definition) is 3. The number of nitrogens with zero attached hydrogens (tertiary/aromatic N) is 1. The Balaban J connectivity index is 1.68. The molecule has 1 atom stereocenters. The highest BCUT2D eigenvalue weighted by Gasteiger charge is 2.26. The average Bonchev–Trinajstić information content (AvgIpc) is 2.41. The van der Waals surface area contributed by atoms with Crippen molar-refractivity contribution >= 4 is 10.0 Å². The Hall–Kier alpha value is -1.72. The zero-order chi connectivity index (χ0) is 13.3. The van der Waals surface area contributed by atoms with Crippen molar-refractivity contribution in [2.45, 2.75) is 17.2 Å². The van der Waals surface area contributed by atoms with Gasteiger partial charge in [-0.2, -0.15) is 0 Å². The van der Waals surface area contributed by atoms with Crippen LogP contribution < -0.4 is 4.72 Å². The van der Waals surface area contributed by atoms with Crippen molar-refractivity contribution in [1.29, 1.82) is 0 Å². The highest BCUT2D eigenvalue weighted by Crippen LogP contribution is 2.34. The molecule has 2 aromatic rings. The largest absolute Gasteiger partial charge is 0.263 e. The van der Waals surface area contributed by atoms with Gasteiger partial charge in [0.25, 0.3) is 0 Å². The SMILES string of the molecule is O=S(=O)(NC[C@H]1Cc2ccccc21)c1cccnc1. The van der Waals surface area contributed by atoms with Crippen molar-refractivity contribution < 1.29 is 8.42 Å². The van der Waals surface area contributed by atoms with Crippen LogP contribution in [-0.2, 0) is 16.4 Å². The second kappa shape index (κ2) is 4.75. The maximum atomic E-state index is 12.0. The van der Waals surface area contributed by atoms with E-state index in [1.54, 1.807) is 18.3 Å². The van der Waals surface area contributed by atoms with E-state index in [0.29, 0.717) is 6.54 Å². The molecule has 3 rings (SSSR count). The molecule has 1 aliphatic rings. The number of pyridine rings is 1. The summed E-state index contributed by atoms with van der Waals surface area (Å²) in [6, 6.07) is 11.3. The van der Waals surface area contributed by atoms with Gasteiger partial charge >= 0.3 is 0 Å². The lowest BCUT2D eigenvalue weighted by Gasteiger charge is -2.30. The number of sulfonamides is 1. The third-order valence-corrected chi connectivity index (χ3v) is 4.83. The van der Waals surface area contributed by atoms with Crippen LogP contribution in [0.2, 0.25) is 0 Å². The zero-order valence-electron chi connectivity index (χ0n) is 10.3. The molecular weight excluding hydrogens is 260 g/mol. The summed E-state index contributed by atoms with van der Waals surface area (Å²) in [5.74, 6) is 0.280. The van der Waals surface area contributed by atoms with Crippen LogP contribution in [-0.4, -0.2) is 19.9 Å². The molecule has 98 valence electrons. The first kappa shape index (κ1) is 12.3. The van der Waals surface area contributed by atoms with Gasteiger partial charge in [0, 0.05) is 24.9 Å². The Morgan fingerprint density at radius 3 is 2.79 bits per heavy atom. The lowest BCUT2D eigenvalue weighted by molar-refractivity contribution is 0.552.